The van der Waals surface area contributed by atoms with Crippen molar-refractivity contribution in [3.05, 3.63) is 29.8 Å². The topological polar surface area (TPSA) is 20.3 Å². The number of rotatable bonds is 4. The van der Waals surface area contributed by atoms with E-state index in [1.165, 1.54) is 12.8 Å². The minimum absolute atomic E-state index is 0.109. The van der Waals surface area contributed by atoms with Crippen molar-refractivity contribution in [2.75, 3.05) is 6.54 Å². The van der Waals surface area contributed by atoms with Gasteiger partial charge in [0.05, 0.1) is 5.56 Å². The van der Waals surface area contributed by atoms with Crippen LogP contribution >= 0.6 is 12.6 Å². The van der Waals surface area contributed by atoms with Gasteiger partial charge < -0.3 is 4.90 Å². The molecular weight excluding hydrogens is 230 g/mol. The molecule has 0 saturated heterocycles. The average molecular weight is 249 g/mol. The molecule has 1 aliphatic rings. The second-order valence-corrected chi connectivity index (χ2v) is 5.49. The highest BCUT2D eigenvalue weighted by Gasteiger charge is 2.29. The first-order valence-electron chi connectivity index (χ1n) is 6.18. The Bertz CT molecular complexity index is 412. The van der Waals surface area contributed by atoms with Crippen LogP contribution in [-0.4, -0.2) is 23.4 Å². The summed E-state index contributed by atoms with van der Waals surface area (Å²) < 4.78 is 0. The van der Waals surface area contributed by atoms with Crippen LogP contribution in [0.5, 0.6) is 0 Å². The normalized spacial score (nSPS) is 15.1. The maximum Gasteiger partial charge on any atom is 0.255 e. The summed E-state index contributed by atoms with van der Waals surface area (Å²) in [6, 6.07) is 7.76. The van der Waals surface area contributed by atoms with Crippen molar-refractivity contribution >= 4 is 18.5 Å². The quantitative estimate of drug-likeness (QED) is 0.812. The summed E-state index contributed by atoms with van der Waals surface area (Å²) in [6.45, 7) is 5.03. The van der Waals surface area contributed by atoms with Crippen LogP contribution in [0.25, 0.3) is 0 Å². The molecule has 1 aromatic carbocycles. The molecule has 0 unspecified atom stereocenters. The van der Waals surface area contributed by atoms with Gasteiger partial charge in [-0.15, -0.1) is 12.6 Å². The summed E-state index contributed by atoms with van der Waals surface area (Å²) in [5.74, 6) is 0.825. The van der Waals surface area contributed by atoms with Gasteiger partial charge >= 0.3 is 0 Å². The maximum atomic E-state index is 12.4. The molecule has 0 aromatic heterocycles. The van der Waals surface area contributed by atoms with E-state index < -0.39 is 0 Å². The van der Waals surface area contributed by atoms with Gasteiger partial charge in [-0.1, -0.05) is 12.1 Å². The van der Waals surface area contributed by atoms with Crippen molar-refractivity contribution in [3.63, 3.8) is 0 Å². The molecule has 0 N–H and O–H groups in total. The predicted octanol–water partition coefficient (Wildman–Crippen LogP) is 3.24. The first kappa shape index (κ1) is 12.5. The van der Waals surface area contributed by atoms with Crippen molar-refractivity contribution in [2.24, 2.45) is 5.92 Å². The third kappa shape index (κ3) is 3.03. The molecule has 0 radical (unpaired) electrons. The lowest BCUT2D eigenvalue weighted by molar-refractivity contribution is 0.0692. The molecule has 92 valence electrons. The molecular formula is C14H19NOS. The fourth-order valence-corrected chi connectivity index (χ4v) is 2.17. The van der Waals surface area contributed by atoms with E-state index in [4.69, 9.17) is 0 Å². The summed E-state index contributed by atoms with van der Waals surface area (Å²) in [4.78, 5) is 15.2. The van der Waals surface area contributed by atoms with E-state index in [1.807, 2.05) is 29.2 Å². The molecule has 1 saturated carbocycles. The van der Waals surface area contributed by atoms with Gasteiger partial charge in [-0.05, 0) is 44.7 Å². The van der Waals surface area contributed by atoms with Crippen molar-refractivity contribution in [1.82, 2.24) is 4.90 Å². The van der Waals surface area contributed by atoms with Crippen molar-refractivity contribution in [3.8, 4) is 0 Å². The summed E-state index contributed by atoms with van der Waals surface area (Å²) in [5, 5.41) is 0. The van der Waals surface area contributed by atoms with Crippen LogP contribution in [-0.2, 0) is 0 Å². The number of benzene rings is 1. The Kier molecular flexibility index (Phi) is 3.77. The highest BCUT2D eigenvalue weighted by atomic mass is 32.1. The number of carbonyl (C=O) groups excluding carboxylic acids is 1. The molecule has 1 aromatic rings. The Morgan fingerprint density at radius 1 is 1.41 bits per heavy atom. The van der Waals surface area contributed by atoms with Gasteiger partial charge in [-0.25, -0.2) is 0 Å². The summed E-state index contributed by atoms with van der Waals surface area (Å²) in [7, 11) is 0. The molecule has 0 spiro atoms. The molecule has 17 heavy (non-hydrogen) atoms. The van der Waals surface area contributed by atoms with E-state index in [0.29, 0.717) is 11.5 Å². The SMILES string of the molecule is CC(C)N(CC1CC1)C(=O)c1ccccc1S. The molecule has 2 rings (SSSR count). The van der Waals surface area contributed by atoms with E-state index in [0.717, 1.165) is 11.4 Å². The maximum absolute atomic E-state index is 12.4. The Balaban J connectivity index is 2.18. The number of hydrogen-bond donors (Lipinski definition) is 1. The molecule has 2 nitrogen and oxygen atoms in total. The van der Waals surface area contributed by atoms with Crippen LogP contribution in [0.4, 0.5) is 0 Å². The Hall–Kier alpha value is -0.960. The predicted molar refractivity (Wildman–Crippen MR) is 72.6 cm³/mol. The first-order valence-corrected chi connectivity index (χ1v) is 6.63. The fraction of sp³-hybridized carbons (Fsp3) is 0.500. The van der Waals surface area contributed by atoms with E-state index >= 15 is 0 Å². The first-order chi connectivity index (χ1) is 8.09. The smallest absolute Gasteiger partial charge is 0.255 e. The summed E-state index contributed by atoms with van der Waals surface area (Å²) in [6.07, 6.45) is 2.53. The molecule has 1 fully saturated rings. The van der Waals surface area contributed by atoms with Crippen molar-refractivity contribution < 1.29 is 4.79 Å². The highest BCUT2D eigenvalue weighted by molar-refractivity contribution is 7.80. The minimum Gasteiger partial charge on any atom is -0.336 e. The van der Waals surface area contributed by atoms with Crippen LogP contribution in [0.2, 0.25) is 0 Å². The average Bonchev–Trinajstić information content (AvgIpc) is 3.09. The molecule has 0 atom stereocenters. The summed E-state index contributed by atoms with van der Waals surface area (Å²) in [5.41, 5.74) is 0.713. The number of amides is 1. The van der Waals surface area contributed by atoms with E-state index in [1.54, 1.807) is 0 Å². The summed E-state index contributed by atoms with van der Waals surface area (Å²) >= 11 is 4.36. The van der Waals surface area contributed by atoms with Crippen LogP contribution < -0.4 is 0 Å². The molecule has 0 bridgehead atoms. The standard InChI is InChI=1S/C14H19NOS/c1-10(2)15(9-11-7-8-11)14(16)12-5-3-4-6-13(12)17/h3-6,10-11,17H,7-9H2,1-2H3. The number of carbonyl (C=O) groups is 1. The zero-order valence-corrected chi connectivity index (χ0v) is 11.3. The van der Waals surface area contributed by atoms with Crippen LogP contribution in [0.3, 0.4) is 0 Å². The van der Waals surface area contributed by atoms with Gasteiger partial charge in [0.1, 0.15) is 0 Å². The lowest BCUT2D eigenvalue weighted by Gasteiger charge is -2.27. The largest absolute Gasteiger partial charge is 0.336 e. The second kappa shape index (κ2) is 5.13. The lowest BCUT2D eigenvalue weighted by Crippen LogP contribution is -2.38. The monoisotopic (exact) mass is 249 g/mol. The number of hydrogen-bond acceptors (Lipinski definition) is 2. The van der Waals surface area contributed by atoms with E-state index in [9.17, 15) is 4.79 Å². The van der Waals surface area contributed by atoms with Crippen molar-refractivity contribution in [1.29, 1.82) is 0 Å². The van der Waals surface area contributed by atoms with E-state index in [2.05, 4.69) is 26.5 Å². The van der Waals surface area contributed by atoms with Gasteiger partial charge in [0, 0.05) is 17.5 Å². The van der Waals surface area contributed by atoms with E-state index in [-0.39, 0.29) is 11.9 Å². The highest BCUT2D eigenvalue weighted by Crippen LogP contribution is 2.31. The third-order valence-corrected chi connectivity index (χ3v) is 3.56. The number of thiol groups is 1. The fourth-order valence-electron chi connectivity index (χ4n) is 1.92. The molecule has 0 aliphatic heterocycles. The second-order valence-electron chi connectivity index (χ2n) is 5.01. The molecule has 1 aliphatic carbocycles. The Labute approximate surface area is 108 Å². The zero-order valence-electron chi connectivity index (χ0n) is 10.4. The van der Waals surface area contributed by atoms with Gasteiger partial charge in [0.25, 0.3) is 5.91 Å². The Morgan fingerprint density at radius 3 is 2.59 bits per heavy atom. The zero-order chi connectivity index (χ0) is 12.4. The Morgan fingerprint density at radius 2 is 2.06 bits per heavy atom. The lowest BCUT2D eigenvalue weighted by atomic mass is 10.1. The van der Waals surface area contributed by atoms with Crippen LogP contribution in [0.15, 0.2) is 29.2 Å². The van der Waals surface area contributed by atoms with Gasteiger partial charge in [-0.2, -0.15) is 0 Å². The molecule has 3 heteroatoms. The molecule has 0 heterocycles. The van der Waals surface area contributed by atoms with Crippen LogP contribution in [0.1, 0.15) is 37.0 Å². The van der Waals surface area contributed by atoms with Gasteiger partial charge in [0.2, 0.25) is 0 Å². The van der Waals surface area contributed by atoms with Gasteiger partial charge in [-0.3, -0.25) is 4.79 Å². The number of nitrogens with zero attached hydrogens (tertiary/aromatic N) is 1. The van der Waals surface area contributed by atoms with Crippen LogP contribution in [0, 0.1) is 5.92 Å². The minimum atomic E-state index is 0.109. The van der Waals surface area contributed by atoms with Gasteiger partial charge in [0.15, 0.2) is 0 Å². The third-order valence-electron chi connectivity index (χ3n) is 3.17. The van der Waals surface area contributed by atoms with Crippen molar-refractivity contribution in [2.45, 2.75) is 37.6 Å². The molecule has 1 amide bonds.